The van der Waals surface area contributed by atoms with E-state index in [9.17, 15) is 19.5 Å². The average Bonchev–Trinajstić information content (AvgIpc) is 2.59. The average molecular weight is 376 g/mol. The molecule has 0 bridgehead atoms. The minimum atomic E-state index is -1.39. The van der Waals surface area contributed by atoms with Gasteiger partial charge in [0.2, 0.25) is 0 Å². The molecular weight excluding hydrogens is 348 g/mol. The highest BCUT2D eigenvalue weighted by atomic mass is 16.5. The number of carbonyl (C=O) groups is 3. The number of carbonyl (C=O) groups excluding carboxylic acids is 2. The van der Waals surface area contributed by atoms with E-state index < -0.39 is 22.8 Å². The Morgan fingerprint density at radius 2 is 1.67 bits per heavy atom. The van der Waals surface area contributed by atoms with Crippen LogP contribution in [0.2, 0.25) is 0 Å². The monoisotopic (exact) mass is 376 g/mol. The van der Waals surface area contributed by atoms with Crippen molar-refractivity contribution in [2.45, 2.75) is 58.7 Å². The normalized spacial score (nSPS) is 23.4. The molecule has 1 aliphatic carbocycles. The van der Waals surface area contributed by atoms with Crippen LogP contribution in [-0.4, -0.2) is 47.2 Å². The molecule has 3 N–H and O–H groups in total. The van der Waals surface area contributed by atoms with Crippen molar-refractivity contribution in [1.29, 1.82) is 0 Å². The lowest BCUT2D eigenvalue weighted by atomic mass is 9.54. The fourth-order valence-electron chi connectivity index (χ4n) is 3.42. The summed E-state index contributed by atoms with van der Waals surface area (Å²) in [5.41, 5.74) is -1.40. The number of carboxylic acids is 1. The Morgan fingerprint density at radius 1 is 1.15 bits per heavy atom. The van der Waals surface area contributed by atoms with Crippen LogP contribution in [0.3, 0.4) is 0 Å². The SMILES string of the molecule is CCOC1CC(NC(=O)c2ccc(C(=O)NC(C)C)cc2)(C(=O)O)C1(C)C. The molecule has 148 valence electrons. The zero-order valence-electron chi connectivity index (χ0n) is 16.5. The van der Waals surface area contributed by atoms with Gasteiger partial charge in [-0.1, -0.05) is 13.8 Å². The minimum Gasteiger partial charge on any atom is -0.479 e. The molecule has 1 saturated carbocycles. The van der Waals surface area contributed by atoms with Crippen LogP contribution >= 0.6 is 0 Å². The molecule has 0 heterocycles. The predicted octanol–water partition coefficient (Wildman–Crippen LogP) is 2.21. The summed E-state index contributed by atoms with van der Waals surface area (Å²) in [6, 6.07) is 6.15. The van der Waals surface area contributed by atoms with Crippen molar-refractivity contribution in [2.75, 3.05) is 6.61 Å². The Hall–Kier alpha value is -2.41. The topological polar surface area (TPSA) is 105 Å². The highest BCUT2D eigenvalue weighted by molar-refractivity contribution is 6.00. The van der Waals surface area contributed by atoms with Gasteiger partial charge in [-0.15, -0.1) is 0 Å². The van der Waals surface area contributed by atoms with Gasteiger partial charge in [-0.05, 0) is 45.0 Å². The number of nitrogens with one attached hydrogen (secondary N) is 2. The van der Waals surface area contributed by atoms with E-state index in [1.165, 1.54) is 12.1 Å². The quantitative estimate of drug-likeness (QED) is 0.677. The van der Waals surface area contributed by atoms with Gasteiger partial charge in [0.25, 0.3) is 11.8 Å². The second-order valence-electron chi connectivity index (χ2n) is 7.74. The van der Waals surface area contributed by atoms with Crippen molar-refractivity contribution in [3.63, 3.8) is 0 Å². The van der Waals surface area contributed by atoms with Crippen LogP contribution in [0, 0.1) is 5.41 Å². The van der Waals surface area contributed by atoms with E-state index in [4.69, 9.17) is 4.74 Å². The Bertz CT molecular complexity index is 726. The zero-order chi connectivity index (χ0) is 20.4. The molecule has 0 aromatic heterocycles. The maximum atomic E-state index is 12.7. The molecule has 2 amide bonds. The molecular formula is C20H28N2O5. The van der Waals surface area contributed by atoms with E-state index in [0.717, 1.165) is 0 Å². The van der Waals surface area contributed by atoms with Crippen molar-refractivity contribution in [1.82, 2.24) is 10.6 Å². The highest BCUT2D eigenvalue weighted by Gasteiger charge is 2.66. The van der Waals surface area contributed by atoms with E-state index in [1.807, 2.05) is 20.8 Å². The van der Waals surface area contributed by atoms with E-state index in [2.05, 4.69) is 10.6 Å². The van der Waals surface area contributed by atoms with Crippen molar-refractivity contribution < 1.29 is 24.2 Å². The van der Waals surface area contributed by atoms with Crippen LogP contribution in [-0.2, 0) is 9.53 Å². The number of hydrogen-bond acceptors (Lipinski definition) is 4. The first-order valence-electron chi connectivity index (χ1n) is 9.13. The van der Waals surface area contributed by atoms with Gasteiger partial charge in [0.15, 0.2) is 0 Å². The van der Waals surface area contributed by atoms with Gasteiger partial charge in [0.05, 0.1) is 6.10 Å². The first-order chi connectivity index (χ1) is 12.5. The van der Waals surface area contributed by atoms with Crippen LogP contribution < -0.4 is 10.6 Å². The van der Waals surface area contributed by atoms with Gasteiger partial charge < -0.3 is 20.5 Å². The highest BCUT2D eigenvalue weighted by Crippen LogP contribution is 2.51. The third kappa shape index (κ3) is 3.83. The van der Waals surface area contributed by atoms with E-state index >= 15 is 0 Å². The smallest absolute Gasteiger partial charge is 0.330 e. The largest absolute Gasteiger partial charge is 0.479 e. The van der Waals surface area contributed by atoms with E-state index in [1.54, 1.807) is 26.0 Å². The van der Waals surface area contributed by atoms with E-state index in [-0.39, 0.29) is 24.5 Å². The summed E-state index contributed by atoms with van der Waals surface area (Å²) >= 11 is 0. The standard InChI is InChI=1S/C20H28N2O5/c1-6-27-15-11-20(18(25)26,19(15,4)5)22-17(24)14-9-7-13(8-10-14)16(23)21-12(2)3/h7-10,12,15H,6,11H2,1-5H3,(H,21,23)(H,22,24)(H,25,26). The molecule has 2 unspecified atom stereocenters. The zero-order valence-corrected chi connectivity index (χ0v) is 16.5. The summed E-state index contributed by atoms with van der Waals surface area (Å²) in [4.78, 5) is 36.6. The molecule has 0 aliphatic heterocycles. The molecule has 1 aromatic rings. The first kappa shape index (κ1) is 20.9. The molecule has 2 atom stereocenters. The van der Waals surface area contributed by atoms with Gasteiger partial charge in [0.1, 0.15) is 5.54 Å². The Kier molecular flexibility index (Phi) is 5.94. The molecule has 1 aromatic carbocycles. The number of amides is 2. The molecule has 27 heavy (non-hydrogen) atoms. The number of benzene rings is 1. The number of ether oxygens (including phenoxy) is 1. The predicted molar refractivity (Wildman–Crippen MR) is 101 cm³/mol. The molecule has 1 fully saturated rings. The molecule has 0 spiro atoms. The Labute approximate surface area is 159 Å². The van der Waals surface area contributed by atoms with Gasteiger partial charge in [-0.2, -0.15) is 0 Å². The number of hydrogen-bond donors (Lipinski definition) is 3. The summed E-state index contributed by atoms with van der Waals surface area (Å²) < 4.78 is 5.60. The van der Waals surface area contributed by atoms with E-state index in [0.29, 0.717) is 17.7 Å². The Morgan fingerprint density at radius 3 is 2.07 bits per heavy atom. The third-order valence-electron chi connectivity index (χ3n) is 5.29. The summed E-state index contributed by atoms with van der Waals surface area (Å²) in [6.07, 6.45) is -0.0231. The summed E-state index contributed by atoms with van der Waals surface area (Å²) in [7, 11) is 0. The molecule has 7 nitrogen and oxygen atoms in total. The molecule has 0 saturated heterocycles. The number of carboxylic acid groups (broad SMARTS) is 1. The minimum absolute atomic E-state index is 0.00929. The molecule has 1 aliphatic rings. The van der Waals surface area contributed by atoms with Crippen LogP contribution in [0.4, 0.5) is 0 Å². The summed E-state index contributed by atoms with van der Waals surface area (Å²) in [6.45, 7) is 9.63. The maximum absolute atomic E-state index is 12.7. The lowest BCUT2D eigenvalue weighted by Gasteiger charge is -2.58. The van der Waals surface area contributed by atoms with Crippen molar-refractivity contribution >= 4 is 17.8 Å². The van der Waals surface area contributed by atoms with Gasteiger partial charge in [-0.25, -0.2) is 4.79 Å². The van der Waals surface area contributed by atoms with Gasteiger partial charge in [-0.3, -0.25) is 9.59 Å². The fourth-order valence-corrected chi connectivity index (χ4v) is 3.42. The van der Waals surface area contributed by atoms with Crippen molar-refractivity contribution in [3.05, 3.63) is 35.4 Å². The lowest BCUT2D eigenvalue weighted by molar-refractivity contribution is -0.190. The number of aliphatic carboxylic acids is 1. The lowest BCUT2D eigenvalue weighted by Crippen LogP contribution is -2.76. The van der Waals surface area contributed by atoms with Gasteiger partial charge >= 0.3 is 5.97 Å². The summed E-state index contributed by atoms with van der Waals surface area (Å²) in [5, 5.41) is 15.2. The number of rotatable bonds is 7. The molecule has 2 rings (SSSR count). The summed E-state index contributed by atoms with van der Waals surface area (Å²) in [5.74, 6) is -1.79. The first-order valence-corrected chi connectivity index (χ1v) is 9.13. The van der Waals surface area contributed by atoms with Crippen molar-refractivity contribution in [2.24, 2.45) is 5.41 Å². The second kappa shape index (κ2) is 7.68. The third-order valence-corrected chi connectivity index (χ3v) is 5.29. The van der Waals surface area contributed by atoms with Crippen LogP contribution in [0.1, 0.15) is 61.8 Å². The molecule has 0 radical (unpaired) electrons. The van der Waals surface area contributed by atoms with Crippen molar-refractivity contribution in [3.8, 4) is 0 Å². The molecule has 7 heteroatoms. The van der Waals surface area contributed by atoms with Crippen LogP contribution in [0.5, 0.6) is 0 Å². The van der Waals surface area contributed by atoms with Gasteiger partial charge in [0, 0.05) is 35.6 Å². The van der Waals surface area contributed by atoms with Crippen LogP contribution in [0.25, 0.3) is 0 Å². The van der Waals surface area contributed by atoms with Crippen LogP contribution in [0.15, 0.2) is 24.3 Å². The Balaban J connectivity index is 2.15. The maximum Gasteiger partial charge on any atom is 0.330 e. The fraction of sp³-hybridized carbons (Fsp3) is 0.550. The second-order valence-corrected chi connectivity index (χ2v) is 7.74.